The number of likely N-dealkylation sites (N-methyl/N-ethyl adjacent to an activating group) is 1. The summed E-state index contributed by atoms with van der Waals surface area (Å²) in [6.07, 6.45) is 7.39. The van der Waals surface area contributed by atoms with E-state index in [4.69, 9.17) is 4.84 Å². The monoisotopic (exact) mass is 625 g/mol. The maximum absolute atomic E-state index is 13.7. The van der Waals surface area contributed by atoms with Gasteiger partial charge in [-0.1, -0.05) is 35.5 Å². The van der Waals surface area contributed by atoms with Gasteiger partial charge < -0.3 is 18.8 Å². The largest absolute Gasteiger partial charge is 0.388 e. The Morgan fingerprint density at radius 2 is 1.82 bits per heavy atom. The molecule has 0 saturated carbocycles. The van der Waals surface area contributed by atoms with Crippen molar-refractivity contribution in [2.45, 2.75) is 11.1 Å². The molecule has 5 aromatic rings. The Kier molecular flexibility index (Phi) is 8.07. The van der Waals surface area contributed by atoms with Crippen molar-refractivity contribution in [2.24, 2.45) is 5.16 Å². The molecule has 3 aromatic heterocycles. The van der Waals surface area contributed by atoms with Gasteiger partial charge in [-0.2, -0.15) is 0 Å². The minimum atomic E-state index is -0.467. The number of quaternary nitrogens is 1. The molecule has 0 spiro atoms. The van der Waals surface area contributed by atoms with Gasteiger partial charge in [-0.25, -0.2) is 14.0 Å². The van der Waals surface area contributed by atoms with Gasteiger partial charge in [0.25, 0.3) is 0 Å². The molecule has 11 heteroatoms. The second kappa shape index (κ2) is 12.0. The van der Waals surface area contributed by atoms with Crippen molar-refractivity contribution >= 4 is 40.4 Å². The van der Waals surface area contributed by atoms with Crippen LogP contribution in [0.2, 0.25) is 0 Å². The summed E-state index contributed by atoms with van der Waals surface area (Å²) in [5.41, 5.74) is 6.31. The van der Waals surface area contributed by atoms with Crippen LogP contribution in [0.4, 0.5) is 9.18 Å². The number of pyridine rings is 1. The normalized spacial score (nSPS) is 14.9. The number of hydrogen-bond donors (Lipinski definition) is 0. The quantitative estimate of drug-likeness (QED) is 0.0964. The lowest BCUT2D eigenvalue weighted by molar-refractivity contribution is -0.862. The first-order valence-electron chi connectivity index (χ1n) is 14.4. The summed E-state index contributed by atoms with van der Waals surface area (Å²) >= 11 is 1.77. The minimum Gasteiger partial charge on any atom is -0.333 e. The molecule has 0 fully saturated rings. The second-order valence-corrected chi connectivity index (χ2v) is 13.3. The number of thioether (sulfide) groups is 1. The lowest BCUT2D eigenvalue weighted by Gasteiger charge is -2.21. The standard InChI is InChI=1S/C34H34FN6O3S/c1-38(2)34(43)40-19-28(26-13-10-23(17-29(26)40)22-8-11-25(35)12-9-22)32(37-44-31(42)20-41(3,4)5)27-14-16-39-30(27)21-45-33(39)24-7-6-15-36-18-24/h6-19,33H,20-21H2,1-5H3/q+1/b37-32+/t33-/m1/s1. The number of carbonyl (C=O) groups is 2. The van der Waals surface area contributed by atoms with E-state index in [1.165, 1.54) is 17.0 Å². The van der Waals surface area contributed by atoms with Crippen LogP contribution in [0.1, 0.15) is 27.8 Å². The minimum absolute atomic E-state index is 0.0411. The molecule has 9 nitrogen and oxygen atoms in total. The van der Waals surface area contributed by atoms with Gasteiger partial charge in [0, 0.05) is 72.4 Å². The van der Waals surface area contributed by atoms with E-state index in [9.17, 15) is 14.0 Å². The first kappa shape index (κ1) is 30.3. The third-order valence-corrected chi connectivity index (χ3v) is 8.80. The van der Waals surface area contributed by atoms with Crippen molar-refractivity contribution in [1.82, 2.24) is 19.0 Å². The third kappa shape index (κ3) is 6.13. The average Bonchev–Trinajstić information content (AvgIpc) is 3.71. The molecule has 1 atom stereocenters. The Morgan fingerprint density at radius 1 is 1.07 bits per heavy atom. The summed E-state index contributed by atoms with van der Waals surface area (Å²) in [7, 11) is 9.09. The van der Waals surface area contributed by atoms with Crippen molar-refractivity contribution in [3.8, 4) is 11.1 Å². The molecular weight excluding hydrogens is 591 g/mol. The number of oxime groups is 1. The van der Waals surface area contributed by atoms with E-state index in [0.29, 0.717) is 27.0 Å². The average molecular weight is 626 g/mol. The first-order valence-corrected chi connectivity index (χ1v) is 15.5. The Hall–Kier alpha value is -4.74. The molecule has 0 saturated heterocycles. The van der Waals surface area contributed by atoms with Crippen LogP contribution in [0.3, 0.4) is 0 Å². The predicted octanol–water partition coefficient (Wildman–Crippen LogP) is 5.97. The van der Waals surface area contributed by atoms with Gasteiger partial charge in [0.15, 0.2) is 6.54 Å². The fourth-order valence-electron chi connectivity index (χ4n) is 5.45. The lowest BCUT2D eigenvalue weighted by atomic mass is 9.99. The number of rotatable bonds is 7. The molecule has 1 aliphatic rings. The number of carbonyl (C=O) groups excluding carboxylic acids is 2. The third-order valence-electron chi connectivity index (χ3n) is 7.55. The highest BCUT2D eigenvalue weighted by Crippen LogP contribution is 2.43. The van der Waals surface area contributed by atoms with Crippen LogP contribution >= 0.6 is 11.8 Å². The van der Waals surface area contributed by atoms with E-state index in [0.717, 1.165) is 33.3 Å². The summed E-state index contributed by atoms with van der Waals surface area (Å²) < 4.78 is 17.8. The maximum atomic E-state index is 13.7. The van der Waals surface area contributed by atoms with Crippen LogP contribution in [0.25, 0.3) is 22.0 Å². The van der Waals surface area contributed by atoms with Crippen molar-refractivity contribution < 1.29 is 23.3 Å². The number of nitrogens with zero attached hydrogens (tertiary/aromatic N) is 6. The summed E-state index contributed by atoms with van der Waals surface area (Å²) in [5, 5.41) is 5.29. The molecule has 4 heterocycles. The first-order chi connectivity index (χ1) is 21.5. The Balaban J connectivity index is 1.51. The van der Waals surface area contributed by atoms with Gasteiger partial charge in [0.1, 0.15) is 16.9 Å². The van der Waals surface area contributed by atoms with E-state index < -0.39 is 5.97 Å². The molecule has 1 amide bonds. The van der Waals surface area contributed by atoms with Crippen LogP contribution < -0.4 is 0 Å². The summed E-state index contributed by atoms with van der Waals surface area (Å²) in [4.78, 5) is 37.7. The van der Waals surface area contributed by atoms with E-state index in [1.807, 2.05) is 63.9 Å². The summed E-state index contributed by atoms with van der Waals surface area (Å²) in [5.74, 6) is -0.0827. The van der Waals surface area contributed by atoms with Crippen LogP contribution in [0.5, 0.6) is 0 Å². The van der Waals surface area contributed by atoms with Crippen molar-refractivity contribution in [1.29, 1.82) is 0 Å². The summed E-state index contributed by atoms with van der Waals surface area (Å²) in [6, 6.07) is 17.7. The molecule has 0 unspecified atom stereocenters. The SMILES string of the molecule is CN(C)C(=O)n1cc(/C(=N/OC(=O)C[N+](C)(C)C)c2ccn3c2CS[C@@H]3c2cccnc2)c2ccc(-c3ccc(F)cc3)cc21. The number of hydrogen-bond acceptors (Lipinski definition) is 6. The number of aromatic nitrogens is 3. The molecule has 1 aliphatic heterocycles. The Morgan fingerprint density at radius 3 is 2.51 bits per heavy atom. The number of fused-ring (bicyclic) bond motifs is 2. The Bertz CT molecular complexity index is 1920. The van der Waals surface area contributed by atoms with E-state index >= 15 is 0 Å². The van der Waals surface area contributed by atoms with Gasteiger partial charge in [0.2, 0.25) is 0 Å². The molecule has 0 radical (unpaired) electrons. The summed E-state index contributed by atoms with van der Waals surface area (Å²) in [6.45, 7) is 0.130. The fraction of sp³-hybridized carbons (Fsp3) is 0.235. The van der Waals surface area contributed by atoms with E-state index in [1.54, 1.807) is 55.0 Å². The number of amides is 1. The van der Waals surface area contributed by atoms with Crippen molar-refractivity contribution in [3.05, 3.63) is 114 Å². The molecule has 6 rings (SSSR count). The highest BCUT2D eigenvalue weighted by atomic mass is 32.2. The molecule has 0 N–H and O–H groups in total. The van der Waals surface area contributed by atoms with Crippen LogP contribution in [0, 0.1) is 5.82 Å². The van der Waals surface area contributed by atoms with Gasteiger partial charge >= 0.3 is 12.0 Å². The number of halogens is 1. The smallest absolute Gasteiger partial charge is 0.333 e. The zero-order valence-corrected chi connectivity index (χ0v) is 26.6. The Labute approximate surface area is 265 Å². The van der Waals surface area contributed by atoms with E-state index in [2.05, 4.69) is 20.8 Å². The molecule has 0 aliphatic carbocycles. The highest BCUT2D eigenvalue weighted by molar-refractivity contribution is 7.99. The number of benzene rings is 2. The van der Waals surface area contributed by atoms with E-state index in [-0.39, 0.29) is 23.8 Å². The van der Waals surface area contributed by atoms with Crippen LogP contribution in [0.15, 0.2) is 90.6 Å². The fourth-order valence-corrected chi connectivity index (χ4v) is 6.76. The van der Waals surface area contributed by atoms with Crippen molar-refractivity contribution in [2.75, 3.05) is 41.8 Å². The zero-order valence-electron chi connectivity index (χ0n) is 25.8. The van der Waals surface area contributed by atoms with Gasteiger partial charge in [-0.05, 0) is 41.5 Å². The van der Waals surface area contributed by atoms with Crippen LogP contribution in [-0.2, 0) is 15.4 Å². The molecule has 2 aromatic carbocycles. The molecule has 45 heavy (non-hydrogen) atoms. The zero-order chi connectivity index (χ0) is 31.9. The van der Waals surface area contributed by atoms with Gasteiger partial charge in [0.05, 0.1) is 26.7 Å². The molecule has 0 bridgehead atoms. The highest BCUT2D eigenvalue weighted by Gasteiger charge is 2.30. The van der Waals surface area contributed by atoms with Gasteiger partial charge in [-0.15, -0.1) is 11.8 Å². The predicted molar refractivity (Wildman–Crippen MR) is 175 cm³/mol. The van der Waals surface area contributed by atoms with Gasteiger partial charge in [-0.3, -0.25) is 9.55 Å². The molecular formula is C34H34FN6O3S+. The topological polar surface area (TPSA) is 81.7 Å². The lowest BCUT2D eigenvalue weighted by Crippen LogP contribution is -2.39. The van der Waals surface area contributed by atoms with Crippen LogP contribution in [-0.4, -0.2) is 83.0 Å². The second-order valence-electron chi connectivity index (χ2n) is 12.2. The maximum Gasteiger partial charge on any atom is 0.388 e. The molecule has 230 valence electrons. The van der Waals surface area contributed by atoms with Crippen molar-refractivity contribution in [3.63, 3.8) is 0 Å².